The van der Waals surface area contributed by atoms with Crippen LogP contribution in [0.25, 0.3) is 0 Å². The van der Waals surface area contributed by atoms with Gasteiger partial charge >= 0.3 is 11.9 Å². The molecule has 2 aliphatic rings. The van der Waals surface area contributed by atoms with Gasteiger partial charge in [-0.25, -0.2) is 9.59 Å². The van der Waals surface area contributed by atoms with Gasteiger partial charge in [0.25, 0.3) is 0 Å². The number of methoxy groups -OCH3 is 2. The summed E-state index contributed by atoms with van der Waals surface area (Å²) in [6.07, 6.45) is 0. The summed E-state index contributed by atoms with van der Waals surface area (Å²) < 4.78 is 8.70. The van der Waals surface area contributed by atoms with E-state index in [9.17, 15) is 9.59 Å². The predicted octanol–water partition coefficient (Wildman–Crippen LogP) is 0.221. The van der Waals surface area contributed by atoms with Crippen LogP contribution in [0.2, 0.25) is 0 Å². The van der Waals surface area contributed by atoms with Crippen LogP contribution in [-0.2, 0) is 19.1 Å². The first-order valence-corrected chi connectivity index (χ1v) is 6.09. The minimum Gasteiger partial charge on any atom is -0.466 e. The summed E-state index contributed by atoms with van der Waals surface area (Å²) in [5, 5.41) is 0. The smallest absolute Gasteiger partial charge is 0.339 e. The number of ether oxygens (including phenoxy) is 2. The van der Waals surface area contributed by atoms with E-state index < -0.39 is 21.7 Å². The van der Waals surface area contributed by atoms with E-state index in [1.165, 1.54) is 26.0 Å². The van der Waals surface area contributed by atoms with Crippen LogP contribution in [0, 0.1) is 0 Å². The molecule has 2 heterocycles. The predicted molar refractivity (Wildman–Crippen MR) is 67.1 cm³/mol. The SMILES string of the molecule is COC(=O)C1=C(C(=O)OC)[C@]2(N)N=C(C)C1(C)S2. The molecule has 0 aromatic carbocycles. The first-order valence-electron chi connectivity index (χ1n) is 5.28. The molecule has 0 amide bonds. The molecular formula is C11H14N2O4S. The second-order valence-corrected chi connectivity index (χ2v) is 5.91. The molecule has 7 heteroatoms. The summed E-state index contributed by atoms with van der Waals surface area (Å²) in [5.74, 6) is -1.22. The summed E-state index contributed by atoms with van der Waals surface area (Å²) in [6, 6.07) is 0. The van der Waals surface area contributed by atoms with Crippen molar-refractivity contribution in [3.8, 4) is 0 Å². The van der Waals surface area contributed by atoms with Crippen molar-refractivity contribution in [2.75, 3.05) is 14.2 Å². The molecule has 6 nitrogen and oxygen atoms in total. The average molecular weight is 270 g/mol. The molecular weight excluding hydrogens is 256 g/mol. The Labute approximate surface area is 109 Å². The minimum atomic E-state index is -1.25. The Morgan fingerprint density at radius 1 is 1.22 bits per heavy atom. The van der Waals surface area contributed by atoms with Crippen molar-refractivity contribution in [3.63, 3.8) is 0 Å². The molecule has 0 aromatic heterocycles. The Balaban J connectivity index is 2.66. The van der Waals surface area contributed by atoms with E-state index in [0.717, 1.165) is 0 Å². The van der Waals surface area contributed by atoms with Crippen LogP contribution in [0.3, 0.4) is 0 Å². The second-order valence-electron chi connectivity index (χ2n) is 4.26. The number of dihydropyridines is 1. The van der Waals surface area contributed by atoms with Crippen molar-refractivity contribution in [2.24, 2.45) is 10.7 Å². The van der Waals surface area contributed by atoms with Crippen LogP contribution in [0.1, 0.15) is 13.8 Å². The Morgan fingerprint density at radius 3 is 2.22 bits per heavy atom. The highest BCUT2D eigenvalue weighted by atomic mass is 32.2. The van der Waals surface area contributed by atoms with Gasteiger partial charge in [0, 0.05) is 5.71 Å². The van der Waals surface area contributed by atoms with Crippen molar-refractivity contribution >= 4 is 29.4 Å². The fraction of sp³-hybridized carbons (Fsp3) is 0.545. The third-order valence-corrected chi connectivity index (χ3v) is 4.76. The molecule has 1 unspecified atom stereocenters. The molecule has 0 fully saturated rings. The maximum Gasteiger partial charge on any atom is 0.339 e. The standard InChI is InChI=1S/C11H14N2O4S/c1-5-10(2)6(8(14)16-3)7(9(15)17-4)11(12,13-5)18-10/h12H2,1-4H3/t10?,11-/m0/s1. The van der Waals surface area contributed by atoms with E-state index in [0.29, 0.717) is 5.71 Å². The largest absolute Gasteiger partial charge is 0.466 e. The Hall–Kier alpha value is -1.34. The summed E-state index contributed by atoms with van der Waals surface area (Å²) in [5.41, 5.74) is 7.10. The normalized spacial score (nSPS) is 33.5. The van der Waals surface area contributed by atoms with Crippen LogP contribution in [0.15, 0.2) is 16.1 Å². The third kappa shape index (κ3) is 1.44. The molecule has 2 N–H and O–H groups in total. The Morgan fingerprint density at radius 2 is 1.72 bits per heavy atom. The van der Waals surface area contributed by atoms with Gasteiger partial charge in [0.1, 0.15) is 5.57 Å². The number of thioether (sulfide) groups is 1. The van der Waals surface area contributed by atoms with Gasteiger partial charge in [-0.1, -0.05) is 11.8 Å². The van der Waals surface area contributed by atoms with Crippen molar-refractivity contribution < 1.29 is 19.1 Å². The summed E-state index contributed by atoms with van der Waals surface area (Å²) in [7, 11) is 2.50. The van der Waals surface area contributed by atoms with Gasteiger partial charge < -0.3 is 9.47 Å². The van der Waals surface area contributed by atoms with Crippen LogP contribution in [0.4, 0.5) is 0 Å². The van der Waals surface area contributed by atoms with Crippen molar-refractivity contribution in [3.05, 3.63) is 11.1 Å². The first-order chi connectivity index (χ1) is 8.30. The number of carbonyl (C=O) groups excluding carboxylic acids is 2. The Bertz CT molecular complexity index is 513. The van der Waals surface area contributed by atoms with Gasteiger partial charge in [-0.05, 0) is 13.8 Å². The molecule has 0 saturated carbocycles. The average Bonchev–Trinajstić information content (AvgIpc) is 2.69. The number of fused-ring (bicyclic) bond motifs is 2. The molecule has 98 valence electrons. The lowest BCUT2D eigenvalue weighted by atomic mass is 9.88. The fourth-order valence-corrected chi connectivity index (χ4v) is 3.84. The molecule has 0 radical (unpaired) electrons. The molecule has 18 heavy (non-hydrogen) atoms. The molecule has 2 aliphatic heterocycles. The molecule has 0 aromatic rings. The van der Waals surface area contributed by atoms with Gasteiger partial charge in [-0.2, -0.15) is 0 Å². The fourth-order valence-electron chi connectivity index (χ4n) is 2.27. The van der Waals surface area contributed by atoms with Gasteiger partial charge in [0.15, 0.2) is 4.99 Å². The number of hydrogen-bond donors (Lipinski definition) is 1. The second kappa shape index (κ2) is 3.83. The molecule has 0 aliphatic carbocycles. The summed E-state index contributed by atoms with van der Waals surface area (Å²) in [6.45, 7) is 3.58. The highest BCUT2D eigenvalue weighted by Crippen LogP contribution is 2.58. The first kappa shape index (κ1) is 13.1. The molecule has 0 spiro atoms. The highest BCUT2D eigenvalue weighted by molar-refractivity contribution is 8.04. The summed E-state index contributed by atoms with van der Waals surface area (Å²) in [4.78, 5) is 26.8. The zero-order chi connectivity index (χ0) is 13.7. The van der Waals surface area contributed by atoms with Crippen LogP contribution >= 0.6 is 11.8 Å². The molecule has 2 atom stereocenters. The van der Waals surface area contributed by atoms with E-state index in [1.54, 1.807) is 13.8 Å². The van der Waals surface area contributed by atoms with E-state index in [4.69, 9.17) is 10.5 Å². The van der Waals surface area contributed by atoms with Crippen molar-refractivity contribution in [1.82, 2.24) is 0 Å². The van der Waals surface area contributed by atoms with E-state index in [2.05, 4.69) is 9.73 Å². The van der Waals surface area contributed by atoms with E-state index >= 15 is 0 Å². The number of nitrogens with zero attached hydrogens (tertiary/aromatic N) is 1. The van der Waals surface area contributed by atoms with Crippen LogP contribution in [-0.4, -0.2) is 41.6 Å². The number of carbonyl (C=O) groups is 2. The van der Waals surface area contributed by atoms with Gasteiger partial charge in [-0.3, -0.25) is 10.7 Å². The highest BCUT2D eigenvalue weighted by Gasteiger charge is 2.62. The molecule has 2 rings (SSSR count). The van der Waals surface area contributed by atoms with Gasteiger partial charge in [-0.15, -0.1) is 0 Å². The van der Waals surface area contributed by atoms with Crippen LogP contribution < -0.4 is 5.73 Å². The van der Waals surface area contributed by atoms with Gasteiger partial charge in [0.2, 0.25) is 0 Å². The maximum absolute atomic E-state index is 11.9. The topological polar surface area (TPSA) is 91.0 Å². The van der Waals surface area contributed by atoms with E-state index in [1.807, 2.05) is 0 Å². The molecule has 0 saturated heterocycles. The zero-order valence-electron chi connectivity index (χ0n) is 10.6. The zero-order valence-corrected chi connectivity index (χ0v) is 11.4. The lowest BCUT2D eigenvalue weighted by Gasteiger charge is -2.23. The number of nitrogens with two attached hydrogens (primary N) is 1. The number of aliphatic imine (C=N–C) groups is 1. The third-order valence-electron chi connectivity index (χ3n) is 3.25. The number of rotatable bonds is 2. The Kier molecular flexibility index (Phi) is 2.78. The molecule has 2 bridgehead atoms. The van der Waals surface area contributed by atoms with Crippen molar-refractivity contribution in [1.29, 1.82) is 0 Å². The minimum absolute atomic E-state index is 0.0787. The van der Waals surface area contributed by atoms with Crippen LogP contribution in [0.5, 0.6) is 0 Å². The van der Waals surface area contributed by atoms with Crippen molar-refractivity contribution in [2.45, 2.75) is 23.6 Å². The number of esters is 2. The maximum atomic E-state index is 11.9. The number of hydrogen-bond acceptors (Lipinski definition) is 7. The summed E-state index contributed by atoms with van der Waals surface area (Å²) >= 11 is 1.25. The van der Waals surface area contributed by atoms with E-state index in [-0.39, 0.29) is 11.1 Å². The lowest BCUT2D eigenvalue weighted by molar-refractivity contribution is -0.139. The monoisotopic (exact) mass is 270 g/mol. The lowest BCUT2D eigenvalue weighted by Crippen LogP contribution is -2.40. The van der Waals surface area contributed by atoms with Gasteiger partial charge in [0.05, 0.1) is 24.5 Å². The quantitative estimate of drug-likeness (QED) is 0.722.